The summed E-state index contributed by atoms with van der Waals surface area (Å²) in [6.45, 7) is 4.14. The van der Waals surface area contributed by atoms with Crippen molar-refractivity contribution in [3.63, 3.8) is 0 Å². The number of piperidine rings is 1. The topological polar surface area (TPSA) is 87.9 Å². The first-order valence-electron chi connectivity index (χ1n) is 11.3. The fourth-order valence-corrected chi connectivity index (χ4v) is 5.27. The summed E-state index contributed by atoms with van der Waals surface area (Å²) < 4.78 is 3.58. The van der Waals surface area contributed by atoms with Gasteiger partial charge < -0.3 is 15.2 Å². The Bertz CT molecular complexity index is 1370. The first kappa shape index (κ1) is 19.5. The summed E-state index contributed by atoms with van der Waals surface area (Å²) in [5, 5.41) is 5.76. The van der Waals surface area contributed by atoms with Crippen molar-refractivity contribution in [2.75, 3.05) is 19.6 Å². The number of likely N-dealkylation sites (tertiary alicyclic amines) is 1. The zero-order valence-electron chi connectivity index (χ0n) is 17.8. The van der Waals surface area contributed by atoms with Crippen LogP contribution in [0.15, 0.2) is 58.3 Å². The summed E-state index contributed by atoms with van der Waals surface area (Å²) in [6, 6.07) is 13.5. The van der Waals surface area contributed by atoms with Gasteiger partial charge in [0.25, 0.3) is 11.1 Å². The molecule has 164 valence electrons. The molecule has 2 aliphatic heterocycles. The van der Waals surface area contributed by atoms with Crippen LogP contribution in [0.5, 0.6) is 0 Å². The second-order valence-corrected chi connectivity index (χ2v) is 8.95. The fraction of sp³-hybridized carbons (Fsp3) is 0.375. The molecular formula is C24H26N6O2. The molecule has 2 N–H and O–H groups in total. The maximum Gasteiger partial charge on any atom is 0.252 e. The largest absolute Gasteiger partial charge is 0.342 e. The summed E-state index contributed by atoms with van der Waals surface area (Å²) in [4.78, 5) is 35.1. The summed E-state index contributed by atoms with van der Waals surface area (Å²) in [5.41, 5.74) is 2.79. The normalized spacial score (nSPS) is 19.3. The highest BCUT2D eigenvalue weighted by Crippen LogP contribution is 2.25. The third kappa shape index (κ3) is 3.36. The number of nitrogens with one attached hydrogen (secondary N) is 2. The molecule has 0 spiro atoms. The first-order chi connectivity index (χ1) is 15.7. The molecule has 6 heterocycles. The molecule has 1 unspecified atom stereocenters. The van der Waals surface area contributed by atoms with E-state index < -0.39 is 0 Å². The van der Waals surface area contributed by atoms with Crippen LogP contribution in [-0.4, -0.2) is 49.7 Å². The van der Waals surface area contributed by atoms with E-state index >= 15 is 0 Å². The Balaban J connectivity index is 1.09. The number of nitrogens with zero attached hydrogens (tertiary/aromatic N) is 4. The lowest BCUT2D eigenvalue weighted by Gasteiger charge is -2.34. The Morgan fingerprint density at radius 1 is 1.03 bits per heavy atom. The van der Waals surface area contributed by atoms with Crippen LogP contribution < -0.4 is 16.4 Å². The van der Waals surface area contributed by atoms with Crippen LogP contribution in [0.3, 0.4) is 0 Å². The van der Waals surface area contributed by atoms with Gasteiger partial charge in [-0.15, -0.1) is 0 Å². The monoisotopic (exact) mass is 430 g/mol. The zero-order chi connectivity index (χ0) is 21.7. The number of hydrogen-bond donors (Lipinski definition) is 2. The number of fused-ring (bicyclic) bond motifs is 1. The van der Waals surface area contributed by atoms with Gasteiger partial charge in [-0.05, 0) is 56.3 Å². The van der Waals surface area contributed by atoms with E-state index in [-0.39, 0.29) is 17.2 Å². The molecule has 1 atom stereocenters. The molecule has 32 heavy (non-hydrogen) atoms. The second kappa shape index (κ2) is 7.72. The van der Waals surface area contributed by atoms with Crippen molar-refractivity contribution in [2.45, 2.75) is 38.0 Å². The molecule has 1 fully saturated rings. The van der Waals surface area contributed by atoms with Crippen LogP contribution in [-0.2, 0) is 13.1 Å². The van der Waals surface area contributed by atoms with E-state index in [2.05, 4.69) is 32.3 Å². The lowest BCUT2D eigenvalue weighted by atomic mass is 10.0. The molecule has 0 saturated carbocycles. The second-order valence-electron chi connectivity index (χ2n) is 8.95. The Kier molecular flexibility index (Phi) is 4.69. The third-order valence-electron chi connectivity index (χ3n) is 6.90. The van der Waals surface area contributed by atoms with Gasteiger partial charge in [0.2, 0.25) is 0 Å². The molecule has 1 saturated heterocycles. The first-order valence-corrected chi connectivity index (χ1v) is 11.3. The Hall–Kier alpha value is -3.23. The third-order valence-corrected chi connectivity index (χ3v) is 6.90. The van der Waals surface area contributed by atoms with E-state index in [1.807, 2.05) is 22.8 Å². The van der Waals surface area contributed by atoms with Gasteiger partial charge in [-0.2, -0.15) is 0 Å². The maximum absolute atomic E-state index is 12.6. The SMILES string of the molecule is O=c1ccc2ccc(=O)n3c2n1CC3CN1CCC(NCc2cc3cccnc3[nH]2)CC1. The van der Waals surface area contributed by atoms with Crippen LogP contribution in [0.4, 0.5) is 0 Å². The number of pyridine rings is 3. The van der Waals surface area contributed by atoms with Gasteiger partial charge in [-0.1, -0.05) is 0 Å². The summed E-state index contributed by atoms with van der Waals surface area (Å²) >= 11 is 0. The molecule has 0 aromatic carbocycles. The van der Waals surface area contributed by atoms with Crippen molar-refractivity contribution in [2.24, 2.45) is 0 Å². The highest BCUT2D eigenvalue weighted by Gasteiger charge is 2.29. The quantitative estimate of drug-likeness (QED) is 0.505. The minimum absolute atomic E-state index is 0.00431. The highest BCUT2D eigenvalue weighted by molar-refractivity contribution is 5.76. The van der Waals surface area contributed by atoms with E-state index in [1.54, 1.807) is 22.9 Å². The van der Waals surface area contributed by atoms with Crippen molar-refractivity contribution in [3.05, 3.63) is 75.1 Å². The fourth-order valence-electron chi connectivity index (χ4n) is 5.27. The van der Waals surface area contributed by atoms with Gasteiger partial charge in [0.05, 0.1) is 6.04 Å². The van der Waals surface area contributed by atoms with Crippen molar-refractivity contribution < 1.29 is 0 Å². The van der Waals surface area contributed by atoms with Crippen LogP contribution in [0.1, 0.15) is 24.6 Å². The van der Waals surface area contributed by atoms with Gasteiger partial charge in [0.1, 0.15) is 11.3 Å². The van der Waals surface area contributed by atoms with E-state index in [0.717, 1.165) is 66.8 Å². The van der Waals surface area contributed by atoms with Crippen LogP contribution >= 0.6 is 0 Å². The lowest BCUT2D eigenvalue weighted by Crippen LogP contribution is -2.44. The van der Waals surface area contributed by atoms with Crippen LogP contribution in [0.25, 0.3) is 22.1 Å². The highest BCUT2D eigenvalue weighted by atomic mass is 16.1. The van der Waals surface area contributed by atoms with Gasteiger partial charge in [-0.25, -0.2) is 4.98 Å². The van der Waals surface area contributed by atoms with Gasteiger partial charge >= 0.3 is 0 Å². The summed E-state index contributed by atoms with van der Waals surface area (Å²) in [6.07, 6.45) is 3.94. The average molecular weight is 431 g/mol. The molecule has 4 aromatic rings. The number of aromatic amines is 1. The zero-order valence-corrected chi connectivity index (χ0v) is 17.8. The maximum atomic E-state index is 12.6. The molecule has 2 aliphatic rings. The van der Waals surface area contributed by atoms with Crippen molar-refractivity contribution in [1.82, 2.24) is 29.3 Å². The minimum atomic E-state index is -0.0329. The van der Waals surface area contributed by atoms with E-state index in [9.17, 15) is 9.59 Å². The number of H-pyrrole nitrogens is 1. The van der Waals surface area contributed by atoms with E-state index in [0.29, 0.717) is 12.6 Å². The molecular weight excluding hydrogens is 404 g/mol. The Morgan fingerprint density at radius 3 is 2.66 bits per heavy atom. The van der Waals surface area contributed by atoms with Crippen molar-refractivity contribution in [3.8, 4) is 0 Å². The van der Waals surface area contributed by atoms with Crippen molar-refractivity contribution in [1.29, 1.82) is 0 Å². The van der Waals surface area contributed by atoms with Gasteiger partial charge in [0, 0.05) is 60.5 Å². The smallest absolute Gasteiger partial charge is 0.252 e. The van der Waals surface area contributed by atoms with Crippen LogP contribution in [0, 0.1) is 0 Å². The summed E-state index contributed by atoms with van der Waals surface area (Å²) in [7, 11) is 0. The Morgan fingerprint density at radius 2 is 1.84 bits per heavy atom. The number of aromatic nitrogens is 4. The molecule has 0 radical (unpaired) electrons. The summed E-state index contributed by atoms with van der Waals surface area (Å²) in [5.74, 6) is 0. The molecule has 4 aromatic heterocycles. The predicted octanol–water partition coefficient (Wildman–Crippen LogP) is 1.85. The molecule has 0 amide bonds. The molecule has 8 heteroatoms. The molecule has 0 bridgehead atoms. The van der Waals surface area contributed by atoms with Crippen LogP contribution in [0.2, 0.25) is 0 Å². The van der Waals surface area contributed by atoms with Gasteiger partial charge in [0.15, 0.2) is 0 Å². The molecule has 8 nitrogen and oxygen atoms in total. The van der Waals surface area contributed by atoms with Crippen molar-refractivity contribution >= 4 is 22.1 Å². The van der Waals surface area contributed by atoms with Gasteiger partial charge in [-0.3, -0.25) is 18.7 Å². The Labute approximate surface area is 184 Å². The minimum Gasteiger partial charge on any atom is -0.342 e. The molecule has 0 aliphatic carbocycles. The standard InChI is InChI=1S/C24H26N6O2/c31-21-5-3-16-4-6-22(32)30-20(15-29(21)24(16)30)14-28-10-7-18(8-11-28)26-13-19-12-17-2-1-9-25-23(17)27-19/h1-6,9,12,18,20,26H,7-8,10-11,13-15H2,(H,25,27). The number of rotatable bonds is 5. The van der Waals surface area contributed by atoms with E-state index in [4.69, 9.17) is 0 Å². The number of hydrogen-bond acceptors (Lipinski definition) is 5. The van der Waals surface area contributed by atoms with E-state index in [1.165, 1.54) is 0 Å². The predicted molar refractivity (Wildman–Crippen MR) is 124 cm³/mol. The molecule has 6 rings (SSSR count). The lowest BCUT2D eigenvalue weighted by molar-refractivity contribution is 0.171. The average Bonchev–Trinajstić information content (AvgIpc) is 3.40.